The van der Waals surface area contributed by atoms with Crippen molar-refractivity contribution in [3.63, 3.8) is 0 Å². The molecule has 2 fully saturated rings. The molecule has 0 bridgehead atoms. The van der Waals surface area contributed by atoms with Gasteiger partial charge in [0.05, 0.1) is 7.11 Å². The first-order valence-electron chi connectivity index (χ1n) is 10.1. The number of esters is 1. The molecule has 1 saturated carbocycles. The first-order valence-corrected chi connectivity index (χ1v) is 10.1. The largest absolute Gasteiger partial charge is 0.467 e. The second-order valence-electron chi connectivity index (χ2n) is 8.83. The van der Waals surface area contributed by atoms with E-state index in [4.69, 9.17) is 4.74 Å². The lowest BCUT2D eigenvalue weighted by molar-refractivity contribution is -0.156. The number of nitrogens with one attached hydrogen (secondary N) is 1. The Morgan fingerprint density at radius 3 is 2.28 bits per heavy atom. The highest BCUT2D eigenvalue weighted by atomic mass is 16.6. The molecule has 29 heavy (non-hydrogen) atoms. The number of ether oxygens (including phenoxy) is 2. The Hall–Kier alpha value is -2.32. The van der Waals surface area contributed by atoms with Crippen LogP contribution in [0.1, 0.15) is 59.8 Å². The second-order valence-corrected chi connectivity index (χ2v) is 8.83. The normalized spacial score (nSPS) is 21.6. The molecule has 0 aromatic rings. The van der Waals surface area contributed by atoms with Crippen LogP contribution in [0.15, 0.2) is 0 Å². The number of hydrogen-bond acceptors (Lipinski definition) is 6. The molecular weight excluding hydrogens is 378 g/mol. The number of rotatable bonds is 5. The van der Waals surface area contributed by atoms with E-state index in [9.17, 15) is 19.2 Å². The first kappa shape index (κ1) is 23.0. The number of nitrogens with zero attached hydrogens (tertiary/aromatic N) is 2. The molecule has 0 unspecified atom stereocenters. The Labute approximate surface area is 172 Å². The maximum atomic E-state index is 13.3. The molecule has 2 rings (SSSR count). The third-order valence-electron chi connectivity index (χ3n) is 5.64. The lowest BCUT2D eigenvalue weighted by Crippen LogP contribution is -2.66. The van der Waals surface area contributed by atoms with E-state index in [1.807, 2.05) is 0 Å². The van der Waals surface area contributed by atoms with Crippen molar-refractivity contribution in [2.24, 2.45) is 0 Å². The van der Waals surface area contributed by atoms with Gasteiger partial charge in [-0.1, -0.05) is 0 Å². The maximum Gasteiger partial charge on any atom is 0.410 e. The van der Waals surface area contributed by atoms with Crippen LogP contribution in [0, 0.1) is 0 Å². The molecule has 1 aliphatic heterocycles. The summed E-state index contributed by atoms with van der Waals surface area (Å²) in [6.07, 6.45) is 2.52. The average Bonchev–Trinajstić information content (AvgIpc) is 3.07. The van der Waals surface area contributed by atoms with Crippen LogP contribution in [0.25, 0.3) is 0 Å². The summed E-state index contributed by atoms with van der Waals surface area (Å²) >= 11 is 0. The third kappa shape index (κ3) is 4.82. The van der Waals surface area contributed by atoms with Crippen molar-refractivity contribution in [1.29, 1.82) is 0 Å². The lowest BCUT2D eigenvalue weighted by Gasteiger charge is -2.48. The van der Waals surface area contributed by atoms with Crippen molar-refractivity contribution in [1.82, 2.24) is 15.1 Å². The van der Waals surface area contributed by atoms with E-state index in [2.05, 4.69) is 10.1 Å². The average molecular weight is 411 g/mol. The molecule has 2 aliphatic rings. The van der Waals surface area contributed by atoms with E-state index in [1.54, 1.807) is 34.7 Å². The van der Waals surface area contributed by atoms with Gasteiger partial charge in [-0.25, -0.2) is 9.59 Å². The summed E-state index contributed by atoms with van der Waals surface area (Å²) in [5.41, 5.74) is -1.67. The molecule has 0 aromatic carbocycles. The highest BCUT2D eigenvalue weighted by molar-refractivity contribution is 5.96. The summed E-state index contributed by atoms with van der Waals surface area (Å²) in [6.45, 7) is 7.32. The van der Waals surface area contributed by atoms with Crippen LogP contribution in [0.2, 0.25) is 0 Å². The molecule has 0 radical (unpaired) electrons. The van der Waals surface area contributed by atoms with E-state index < -0.39 is 35.3 Å². The second kappa shape index (κ2) is 8.59. The highest BCUT2D eigenvalue weighted by Gasteiger charge is 2.52. The number of methoxy groups -OCH3 is 1. The summed E-state index contributed by atoms with van der Waals surface area (Å²) in [4.78, 5) is 53.2. The topological polar surface area (TPSA) is 105 Å². The van der Waals surface area contributed by atoms with E-state index in [1.165, 1.54) is 16.9 Å². The predicted molar refractivity (Wildman–Crippen MR) is 105 cm³/mol. The minimum absolute atomic E-state index is 0.283. The Bertz CT molecular complexity index is 668. The molecule has 2 atom stereocenters. The maximum absolute atomic E-state index is 13.3. The predicted octanol–water partition coefficient (Wildman–Crippen LogP) is 1.44. The fourth-order valence-corrected chi connectivity index (χ4v) is 3.79. The Morgan fingerprint density at radius 1 is 1.17 bits per heavy atom. The van der Waals surface area contributed by atoms with Crippen LogP contribution in [0.3, 0.4) is 0 Å². The number of hydrogen-bond donors (Lipinski definition) is 1. The molecule has 1 saturated heterocycles. The number of likely N-dealkylation sites (tertiary alicyclic amines) is 1. The lowest BCUT2D eigenvalue weighted by atomic mass is 9.74. The molecule has 9 nitrogen and oxygen atoms in total. The minimum Gasteiger partial charge on any atom is -0.467 e. The van der Waals surface area contributed by atoms with Crippen LogP contribution in [0.4, 0.5) is 4.79 Å². The van der Waals surface area contributed by atoms with Crippen LogP contribution in [0.5, 0.6) is 0 Å². The van der Waals surface area contributed by atoms with Gasteiger partial charge in [-0.3, -0.25) is 14.5 Å². The highest BCUT2D eigenvalue weighted by Crippen LogP contribution is 2.38. The third-order valence-corrected chi connectivity index (χ3v) is 5.64. The Kier molecular flexibility index (Phi) is 6.80. The monoisotopic (exact) mass is 411 g/mol. The van der Waals surface area contributed by atoms with Crippen molar-refractivity contribution in [2.45, 2.75) is 83.0 Å². The Morgan fingerprint density at radius 2 is 1.79 bits per heavy atom. The molecule has 0 spiro atoms. The number of carbonyl (C=O) groups is 4. The summed E-state index contributed by atoms with van der Waals surface area (Å²) < 4.78 is 10.1. The van der Waals surface area contributed by atoms with Crippen molar-refractivity contribution < 1.29 is 28.7 Å². The molecule has 164 valence electrons. The minimum atomic E-state index is -1.01. The molecule has 1 N–H and O–H groups in total. The molecular formula is C20H33N3O6. The van der Waals surface area contributed by atoms with Crippen molar-refractivity contribution in [2.75, 3.05) is 20.7 Å². The molecule has 0 aromatic heterocycles. The summed E-state index contributed by atoms with van der Waals surface area (Å²) in [5.74, 6) is -1.21. The summed E-state index contributed by atoms with van der Waals surface area (Å²) in [5, 5.41) is 2.65. The van der Waals surface area contributed by atoms with Crippen LogP contribution < -0.4 is 5.32 Å². The fraction of sp³-hybridized carbons (Fsp3) is 0.800. The van der Waals surface area contributed by atoms with Gasteiger partial charge in [-0.15, -0.1) is 0 Å². The van der Waals surface area contributed by atoms with Crippen molar-refractivity contribution >= 4 is 23.9 Å². The van der Waals surface area contributed by atoms with Crippen LogP contribution in [-0.2, 0) is 23.9 Å². The summed E-state index contributed by atoms with van der Waals surface area (Å²) in [6, 6.07) is -1.46. The zero-order chi connectivity index (χ0) is 22.0. The van der Waals surface area contributed by atoms with Crippen molar-refractivity contribution in [3.05, 3.63) is 0 Å². The van der Waals surface area contributed by atoms with Crippen molar-refractivity contribution in [3.8, 4) is 0 Å². The van der Waals surface area contributed by atoms with Gasteiger partial charge in [0, 0.05) is 13.6 Å². The van der Waals surface area contributed by atoms with Gasteiger partial charge in [0.1, 0.15) is 23.2 Å². The smallest absolute Gasteiger partial charge is 0.410 e. The van der Waals surface area contributed by atoms with E-state index in [-0.39, 0.29) is 11.8 Å². The van der Waals surface area contributed by atoms with Crippen LogP contribution in [-0.4, -0.2) is 77.6 Å². The SMILES string of the molecule is COC(=O)[C@H](C)NC(=O)C1(N(C)C(=O)[C@@H]2CCCN2C(=O)OC(C)(C)C)CCC1. The van der Waals surface area contributed by atoms with Gasteiger partial charge in [0.25, 0.3) is 0 Å². The molecule has 1 aliphatic carbocycles. The first-order chi connectivity index (χ1) is 13.4. The fourth-order valence-electron chi connectivity index (χ4n) is 3.79. The van der Waals surface area contributed by atoms with Gasteiger partial charge in [-0.2, -0.15) is 0 Å². The quantitative estimate of drug-likeness (QED) is 0.687. The number of likely N-dealkylation sites (N-methyl/N-ethyl adjacent to an activating group) is 1. The van der Waals surface area contributed by atoms with Gasteiger partial charge >= 0.3 is 12.1 Å². The van der Waals surface area contributed by atoms with E-state index >= 15 is 0 Å². The zero-order valence-electron chi connectivity index (χ0n) is 18.2. The number of carbonyl (C=O) groups excluding carboxylic acids is 4. The molecule has 9 heteroatoms. The van der Waals surface area contributed by atoms with Gasteiger partial charge in [-0.05, 0) is 59.8 Å². The molecule has 3 amide bonds. The van der Waals surface area contributed by atoms with E-state index in [0.717, 1.165) is 6.42 Å². The zero-order valence-corrected chi connectivity index (χ0v) is 18.2. The van der Waals surface area contributed by atoms with Gasteiger partial charge < -0.3 is 19.7 Å². The van der Waals surface area contributed by atoms with Gasteiger partial charge in [0.15, 0.2) is 0 Å². The van der Waals surface area contributed by atoms with E-state index in [0.29, 0.717) is 32.2 Å². The Balaban J connectivity index is 2.13. The number of amides is 3. The summed E-state index contributed by atoms with van der Waals surface area (Å²) in [7, 11) is 2.85. The van der Waals surface area contributed by atoms with Crippen LogP contribution >= 0.6 is 0 Å². The van der Waals surface area contributed by atoms with Gasteiger partial charge in [0.2, 0.25) is 11.8 Å². The standard InChI is InChI=1S/C20H33N3O6/c1-13(16(25)28-6)21-17(26)20(10-8-11-20)22(5)15(24)14-9-7-12-23(14)18(27)29-19(2,3)4/h13-14H,7-12H2,1-6H3,(H,21,26)/t13-,14-/m0/s1. The molecule has 1 heterocycles.